The highest BCUT2D eigenvalue weighted by molar-refractivity contribution is 5.79. The maximum Gasteiger partial charge on any atom is 0.408 e. The lowest BCUT2D eigenvalue weighted by Gasteiger charge is -2.31. The summed E-state index contributed by atoms with van der Waals surface area (Å²) in [6.45, 7) is 11.7. The number of benzene rings is 1. The topological polar surface area (TPSA) is 105 Å². The normalized spacial score (nSPS) is 15.5. The van der Waals surface area contributed by atoms with Gasteiger partial charge in [0.1, 0.15) is 11.6 Å². The summed E-state index contributed by atoms with van der Waals surface area (Å²) in [5, 5.41) is 22.5. The molecule has 7 heteroatoms. The van der Waals surface area contributed by atoms with E-state index in [-0.39, 0.29) is 18.4 Å². The Balaban J connectivity index is 2.80. The molecule has 4 unspecified atom stereocenters. The lowest BCUT2D eigenvalue weighted by Crippen LogP contribution is -2.43. The van der Waals surface area contributed by atoms with E-state index >= 15 is 0 Å². The zero-order valence-corrected chi connectivity index (χ0v) is 21.0. The lowest BCUT2D eigenvalue weighted by atomic mass is 9.86. The molecule has 1 rings (SSSR count). The van der Waals surface area contributed by atoms with Gasteiger partial charge in [0, 0.05) is 5.92 Å². The van der Waals surface area contributed by atoms with E-state index in [9.17, 15) is 19.8 Å². The van der Waals surface area contributed by atoms with Crippen molar-refractivity contribution in [3.05, 3.63) is 35.9 Å². The van der Waals surface area contributed by atoms with E-state index < -0.39 is 29.8 Å². The quantitative estimate of drug-likeness (QED) is 0.351. The number of carboxylic acids is 1. The molecule has 0 bridgehead atoms. The van der Waals surface area contributed by atoms with Crippen LogP contribution in [-0.4, -0.2) is 46.1 Å². The highest BCUT2D eigenvalue weighted by atomic mass is 16.6. The highest BCUT2D eigenvalue weighted by Gasteiger charge is 2.28. The zero-order valence-electron chi connectivity index (χ0n) is 21.0. The van der Waals surface area contributed by atoms with E-state index in [4.69, 9.17) is 9.47 Å². The number of amides is 1. The largest absolute Gasteiger partial charge is 0.480 e. The second-order valence-electron chi connectivity index (χ2n) is 10.2. The Labute approximate surface area is 198 Å². The summed E-state index contributed by atoms with van der Waals surface area (Å²) in [4.78, 5) is 23.7. The molecule has 1 aromatic carbocycles. The zero-order chi connectivity index (χ0) is 25.0. The van der Waals surface area contributed by atoms with Crippen LogP contribution in [0.15, 0.2) is 30.3 Å². The van der Waals surface area contributed by atoms with Gasteiger partial charge in [-0.2, -0.15) is 0 Å². The fourth-order valence-electron chi connectivity index (χ4n) is 3.69. The van der Waals surface area contributed by atoms with E-state index in [1.165, 1.54) is 0 Å². The second kappa shape index (κ2) is 14.2. The van der Waals surface area contributed by atoms with Gasteiger partial charge in [-0.05, 0) is 64.9 Å². The van der Waals surface area contributed by atoms with E-state index in [1.807, 2.05) is 30.3 Å². The molecule has 0 fully saturated rings. The Morgan fingerprint density at radius 1 is 1.00 bits per heavy atom. The minimum Gasteiger partial charge on any atom is -0.480 e. The standard InChI is InChI=1S/C26H43NO6/c1-18(2)15-16-21(19(3)28)23(32-17-20-11-8-7-9-12-20)14-10-13-22(24(29)30)27-25(31)33-26(4,5)6/h7-9,11-12,18-19,21-23,28H,10,13-17H2,1-6H3,(H,27,31)(H,29,30). The van der Waals surface area contributed by atoms with E-state index in [0.717, 1.165) is 18.4 Å². The third kappa shape index (κ3) is 12.6. The van der Waals surface area contributed by atoms with Gasteiger partial charge in [0.2, 0.25) is 0 Å². The molecule has 188 valence electrons. The van der Waals surface area contributed by atoms with Crippen LogP contribution >= 0.6 is 0 Å². The number of hydrogen-bond acceptors (Lipinski definition) is 5. The minimum atomic E-state index is -1.10. The minimum absolute atomic E-state index is 0.0572. The number of hydrogen-bond donors (Lipinski definition) is 3. The highest BCUT2D eigenvalue weighted by Crippen LogP contribution is 2.26. The van der Waals surface area contributed by atoms with E-state index in [1.54, 1.807) is 27.7 Å². The molecular weight excluding hydrogens is 422 g/mol. The van der Waals surface area contributed by atoms with E-state index in [2.05, 4.69) is 19.2 Å². The Morgan fingerprint density at radius 3 is 2.15 bits per heavy atom. The predicted octanol–water partition coefficient (Wildman–Crippen LogP) is 5.15. The van der Waals surface area contributed by atoms with Crippen molar-refractivity contribution in [2.45, 2.75) is 104 Å². The first-order chi connectivity index (χ1) is 15.4. The van der Waals surface area contributed by atoms with Gasteiger partial charge >= 0.3 is 12.1 Å². The summed E-state index contributed by atoms with van der Waals surface area (Å²) in [6, 6.07) is 8.81. The van der Waals surface area contributed by atoms with Crippen molar-refractivity contribution < 1.29 is 29.3 Å². The molecule has 0 aliphatic rings. The molecule has 0 radical (unpaired) electrons. The third-order valence-electron chi connectivity index (χ3n) is 5.45. The first kappa shape index (κ1) is 28.9. The Morgan fingerprint density at radius 2 is 1.64 bits per heavy atom. The first-order valence-corrected chi connectivity index (χ1v) is 11.9. The van der Waals surface area contributed by atoms with Gasteiger partial charge in [-0.15, -0.1) is 0 Å². The van der Waals surface area contributed by atoms with Crippen molar-refractivity contribution in [1.82, 2.24) is 5.32 Å². The molecule has 0 aliphatic heterocycles. The van der Waals surface area contributed by atoms with Crippen molar-refractivity contribution in [1.29, 1.82) is 0 Å². The molecule has 0 aliphatic carbocycles. The summed E-state index contributed by atoms with van der Waals surface area (Å²) in [5.74, 6) is -0.650. The lowest BCUT2D eigenvalue weighted by molar-refractivity contribution is -0.139. The molecule has 1 amide bonds. The summed E-state index contributed by atoms with van der Waals surface area (Å²) in [6.07, 6.45) is 1.64. The van der Waals surface area contributed by atoms with Gasteiger partial charge in [0.05, 0.1) is 18.8 Å². The van der Waals surface area contributed by atoms with E-state index in [0.29, 0.717) is 25.4 Å². The number of ether oxygens (including phenoxy) is 2. The SMILES string of the molecule is CC(C)CCC(C(C)O)C(CCCC(NC(=O)OC(C)(C)C)C(=O)O)OCc1ccccc1. The molecule has 4 atom stereocenters. The molecule has 0 spiro atoms. The van der Waals surface area contributed by atoms with Crippen molar-refractivity contribution in [3.8, 4) is 0 Å². The number of carboxylic acid groups (broad SMARTS) is 1. The van der Waals surface area contributed by atoms with Crippen molar-refractivity contribution in [2.24, 2.45) is 11.8 Å². The fourth-order valence-corrected chi connectivity index (χ4v) is 3.69. The van der Waals surface area contributed by atoms with Crippen molar-refractivity contribution in [3.63, 3.8) is 0 Å². The third-order valence-corrected chi connectivity index (χ3v) is 5.45. The summed E-state index contributed by atoms with van der Waals surface area (Å²) in [7, 11) is 0. The average molecular weight is 466 g/mol. The van der Waals surface area contributed by atoms with Crippen LogP contribution in [0.1, 0.15) is 79.2 Å². The molecule has 0 saturated heterocycles. The molecule has 0 saturated carbocycles. The number of aliphatic hydroxyl groups excluding tert-OH is 1. The Bertz CT molecular complexity index is 698. The van der Waals surface area contributed by atoms with Crippen molar-refractivity contribution >= 4 is 12.1 Å². The Hall–Kier alpha value is -2.12. The van der Waals surface area contributed by atoms with Gasteiger partial charge in [-0.3, -0.25) is 0 Å². The Kier molecular flexibility index (Phi) is 12.4. The van der Waals surface area contributed by atoms with Gasteiger partial charge in [0.15, 0.2) is 0 Å². The van der Waals surface area contributed by atoms with Crippen LogP contribution in [0.4, 0.5) is 4.79 Å². The van der Waals surface area contributed by atoms with Crippen LogP contribution in [0, 0.1) is 11.8 Å². The number of rotatable bonds is 14. The van der Waals surface area contributed by atoms with Gasteiger partial charge in [-0.1, -0.05) is 50.6 Å². The molecule has 3 N–H and O–H groups in total. The number of carbonyl (C=O) groups is 2. The molecule has 1 aromatic rings. The molecule has 0 aromatic heterocycles. The van der Waals surface area contributed by atoms with Crippen LogP contribution in [0.2, 0.25) is 0 Å². The maximum absolute atomic E-state index is 12.0. The maximum atomic E-state index is 12.0. The first-order valence-electron chi connectivity index (χ1n) is 11.9. The number of aliphatic hydroxyl groups is 1. The van der Waals surface area contributed by atoms with Crippen LogP contribution in [-0.2, 0) is 20.9 Å². The summed E-state index contributed by atoms with van der Waals surface area (Å²) < 4.78 is 11.4. The monoisotopic (exact) mass is 465 g/mol. The predicted molar refractivity (Wildman–Crippen MR) is 129 cm³/mol. The molecule has 0 heterocycles. The van der Waals surface area contributed by atoms with Crippen LogP contribution in [0.25, 0.3) is 0 Å². The average Bonchev–Trinajstić information content (AvgIpc) is 2.69. The molecule has 33 heavy (non-hydrogen) atoms. The van der Waals surface area contributed by atoms with Gasteiger partial charge in [-0.25, -0.2) is 9.59 Å². The van der Waals surface area contributed by atoms with Gasteiger partial charge in [0.25, 0.3) is 0 Å². The van der Waals surface area contributed by atoms with Crippen LogP contribution in [0.3, 0.4) is 0 Å². The van der Waals surface area contributed by atoms with Crippen LogP contribution in [0.5, 0.6) is 0 Å². The number of aliphatic carboxylic acids is 1. The number of carbonyl (C=O) groups excluding carboxylic acids is 1. The van der Waals surface area contributed by atoms with Crippen LogP contribution < -0.4 is 5.32 Å². The summed E-state index contributed by atoms with van der Waals surface area (Å²) >= 11 is 0. The summed E-state index contributed by atoms with van der Waals surface area (Å²) in [5.41, 5.74) is 0.343. The number of alkyl carbamates (subject to hydrolysis) is 1. The molecule has 7 nitrogen and oxygen atoms in total. The fraction of sp³-hybridized carbons (Fsp3) is 0.692. The smallest absolute Gasteiger partial charge is 0.408 e. The molecular formula is C26H43NO6. The number of nitrogens with one attached hydrogen (secondary N) is 1. The van der Waals surface area contributed by atoms with Crippen molar-refractivity contribution in [2.75, 3.05) is 0 Å². The second-order valence-corrected chi connectivity index (χ2v) is 10.2. The van der Waals surface area contributed by atoms with Gasteiger partial charge < -0.3 is 25.0 Å².